The van der Waals surface area contributed by atoms with Crippen LogP contribution in [0.15, 0.2) is 38.0 Å². The predicted molar refractivity (Wildman–Crippen MR) is 103 cm³/mol. The summed E-state index contributed by atoms with van der Waals surface area (Å²) in [6, 6.07) is 0. The molecule has 0 amide bonds. The van der Waals surface area contributed by atoms with Crippen LogP contribution in [0.3, 0.4) is 0 Å². The summed E-state index contributed by atoms with van der Waals surface area (Å²) in [6.45, 7) is 11.4. The fourth-order valence-electron chi connectivity index (χ4n) is 0.922. The highest BCUT2D eigenvalue weighted by atomic mass is 16.5. The lowest BCUT2D eigenvalue weighted by Crippen LogP contribution is -2.35. The average Bonchev–Trinajstić information content (AvgIpc) is 2.70. The monoisotopic (exact) mass is 408 g/mol. The van der Waals surface area contributed by atoms with Gasteiger partial charge in [-0.15, -0.1) is 0 Å². The molecule has 0 aliphatic rings. The topological polar surface area (TPSA) is 182 Å². The highest BCUT2D eigenvalue weighted by molar-refractivity contribution is 5.79. The van der Waals surface area contributed by atoms with Gasteiger partial charge in [-0.1, -0.05) is 26.7 Å². The van der Waals surface area contributed by atoms with Crippen LogP contribution >= 0.6 is 0 Å². The number of aliphatic hydroxyl groups is 3. The van der Waals surface area contributed by atoms with Gasteiger partial charge < -0.3 is 35.4 Å². The number of carbonyl (C=O) groups is 3. The first-order chi connectivity index (χ1) is 13.1. The zero-order valence-electron chi connectivity index (χ0n) is 16.1. The van der Waals surface area contributed by atoms with E-state index < -0.39 is 23.3 Å². The van der Waals surface area contributed by atoms with E-state index in [1.54, 1.807) is 0 Å². The van der Waals surface area contributed by atoms with Crippen molar-refractivity contribution in [1.82, 2.24) is 0 Å². The molecule has 0 aliphatic carbocycles. The third-order valence-electron chi connectivity index (χ3n) is 2.66. The summed E-state index contributed by atoms with van der Waals surface area (Å²) in [5.74, 6) is -2.94. The minimum Gasteiger partial charge on any atom is -0.478 e. The van der Waals surface area contributed by atoms with Crippen LogP contribution in [0.2, 0.25) is 0 Å². The third-order valence-corrected chi connectivity index (χ3v) is 2.66. The zero-order valence-corrected chi connectivity index (χ0v) is 16.1. The van der Waals surface area contributed by atoms with Gasteiger partial charge >= 0.3 is 17.9 Å². The molecule has 28 heavy (non-hydrogen) atoms. The standard InChI is InChI=1S/C9H20O4.3C3H4O2/c1-2-4-13-5-3-9(6-10,7-11)8-12;3*1-2-3(4)5/h10-12H,2-8H2,1H3;3*2H,1H2,(H,4,5). The summed E-state index contributed by atoms with van der Waals surface area (Å²) in [5, 5.41) is 49.7. The molecule has 0 heterocycles. The van der Waals surface area contributed by atoms with Crippen molar-refractivity contribution in [3.8, 4) is 0 Å². The SMILES string of the molecule is C=CC(=O)O.C=CC(=O)O.C=CC(=O)O.CCCOCCC(CO)(CO)CO. The molecule has 6 N–H and O–H groups in total. The minimum atomic E-state index is -0.981. The first-order valence-electron chi connectivity index (χ1n) is 8.02. The van der Waals surface area contributed by atoms with Gasteiger partial charge in [0.1, 0.15) is 0 Å². The molecule has 0 saturated heterocycles. The van der Waals surface area contributed by atoms with Crippen LogP contribution < -0.4 is 0 Å². The average molecular weight is 408 g/mol. The Labute approximate surface area is 164 Å². The smallest absolute Gasteiger partial charge is 0.327 e. The molecule has 164 valence electrons. The second-order valence-corrected chi connectivity index (χ2v) is 4.96. The van der Waals surface area contributed by atoms with Crippen LogP contribution in [0.4, 0.5) is 0 Å². The molecule has 0 aromatic carbocycles. The molecule has 0 aromatic rings. The Morgan fingerprint density at radius 3 is 1.25 bits per heavy atom. The van der Waals surface area contributed by atoms with Gasteiger partial charge in [0, 0.05) is 36.9 Å². The number of carboxylic acids is 3. The summed E-state index contributed by atoms with van der Waals surface area (Å²) in [4.78, 5) is 27.8. The van der Waals surface area contributed by atoms with Gasteiger partial charge in [0.05, 0.1) is 19.8 Å². The van der Waals surface area contributed by atoms with Crippen molar-refractivity contribution in [3.05, 3.63) is 38.0 Å². The van der Waals surface area contributed by atoms with E-state index in [0.717, 1.165) is 24.6 Å². The number of rotatable bonds is 11. The van der Waals surface area contributed by atoms with Crippen molar-refractivity contribution >= 4 is 17.9 Å². The Balaban J connectivity index is -0.000000159. The van der Waals surface area contributed by atoms with Gasteiger partial charge in [-0.2, -0.15) is 0 Å². The van der Waals surface area contributed by atoms with Crippen molar-refractivity contribution in [2.45, 2.75) is 19.8 Å². The zero-order chi connectivity index (χ0) is 23.0. The molecule has 0 unspecified atom stereocenters. The maximum atomic E-state index is 9.25. The summed E-state index contributed by atoms with van der Waals surface area (Å²) in [7, 11) is 0. The van der Waals surface area contributed by atoms with E-state index in [2.05, 4.69) is 19.7 Å². The van der Waals surface area contributed by atoms with Crippen molar-refractivity contribution in [3.63, 3.8) is 0 Å². The number of ether oxygens (including phenoxy) is 1. The number of aliphatic hydroxyl groups excluding tert-OH is 3. The van der Waals surface area contributed by atoms with Gasteiger partial charge in [-0.05, 0) is 12.8 Å². The van der Waals surface area contributed by atoms with E-state index in [9.17, 15) is 14.4 Å². The van der Waals surface area contributed by atoms with Crippen molar-refractivity contribution in [2.24, 2.45) is 5.41 Å². The maximum absolute atomic E-state index is 9.25. The van der Waals surface area contributed by atoms with E-state index in [4.69, 9.17) is 35.4 Å². The van der Waals surface area contributed by atoms with E-state index >= 15 is 0 Å². The van der Waals surface area contributed by atoms with Crippen LogP contribution in [-0.4, -0.2) is 81.6 Å². The number of hydrogen-bond acceptors (Lipinski definition) is 7. The number of hydrogen-bond donors (Lipinski definition) is 6. The van der Waals surface area contributed by atoms with Crippen molar-refractivity contribution in [1.29, 1.82) is 0 Å². The molecular formula is C18H32O10. The second kappa shape index (κ2) is 24.5. The summed E-state index contributed by atoms with van der Waals surface area (Å²) >= 11 is 0. The molecule has 0 rings (SSSR count). The molecule has 0 bridgehead atoms. The fourth-order valence-corrected chi connectivity index (χ4v) is 0.922. The summed E-state index contributed by atoms with van der Waals surface area (Å²) in [5.41, 5.74) is -0.784. The Kier molecular flexibility index (Phi) is 28.9. The second-order valence-electron chi connectivity index (χ2n) is 4.96. The van der Waals surface area contributed by atoms with E-state index in [-0.39, 0.29) is 19.8 Å². The largest absolute Gasteiger partial charge is 0.478 e. The molecular weight excluding hydrogens is 376 g/mol. The molecule has 0 fully saturated rings. The van der Waals surface area contributed by atoms with Crippen molar-refractivity contribution < 1.29 is 49.8 Å². The third kappa shape index (κ3) is 31.3. The number of carboxylic acid groups (broad SMARTS) is 3. The van der Waals surface area contributed by atoms with Crippen molar-refractivity contribution in [2.75, 3.05) is 33.0 Å². The molecule has 0 atom stereocenters. The van der Waals surface area contributed by atoms with E-state index in [1.807, 2.05) is 6.92 Å². The molecule has 0 aliphatic heterocycles. The van der Waals surface area contributed by atoms with Crippen LogP contribution in [0.5, 0.6) is 0 Å². The highest BCUT2D eigenvalue weighted by Gasteiger charge is 2.27. The van der Waals surface area contributed by atoms with E-state index in [0.29, 0.717) is 19.6 Å². The molecule has 10 nitrogen and oxygen atoms in total. The lowest BCUT2D eigenvalue weighted by molar-refractivity contribution is -0.132. The molecule has 10 heteroatoms. The van der Waals surface area contributed by atoms with Gasteiger partial charge in [0.15, 0.2) is 0 Å². The van der Waals surface area contributed by atoms with Crippen LogP contribution in [0.1, 0.15) is 19.8 Å². The van der Waals surface area contributed by atoms with Gasteiger partial charge in [-0.3, -0.25) is 0 Å². The molecule has 0 aromatic heterocycles. The summed E-state index contributed by atoms with van der Waals surface area (Å²) in [6.07, 6.45) is 3.93. The highest BCUT2D eigenvalue weighted by Crippen LogP contribution is 2.19. The number of aliphatic carboxylic acids is 3. The lowest BCUT2D eigenvalue weighted by atomic mass is 9.88. The lowest BCUT2D eigenvalue weighted by Gasteiger charge is -2.26. The Morgan fingerprint density at radius 1 is 0.786 bits per heavy atom. The predicted octanol–water partition coefficient (Wildman–Crippen LogP) is 0.537. The van der Waals surface area contributed by atoms with Gasteiger partial charge in [0.2, 0.25) is 0 Å². The Hall–Kier alpha value is -2.53. The van der Waals surface area contributed by atoms with Crippen LogP contribution in [-0.2, 0) is 19.1 Å². The quantitative estimate of drug-likeness (QED) is 0.208. The summed E-state index contributed by atoms with van der Waals surface area (Å²) < 4.78 is 5.21. The van der Waals surface area contributed by atoms with Gasteiger partial charge in [0.25, 0.3) is 0 Å². The first kappa shape index (κ1) is 33.1. The Morgan fingerprint density at radius 2 is 1.07 bits per heavy atom. The van der Waals surface area contributed by atoms with Crippen LogP contribution in [0.25, 0.3) is 0 Å². The maximum Gasteiger partial charge on any atom is 0.327 e. The van der Waals surface area contributed by atoms with E-state index in [1.165, 1.54) is 0 Å². The van der Waals surface area contributed by atoms with Crippen LogP contribution in [0, 0.1) is 5.41 Å². The molecule has 0 radical (unpaired) electrons. The normalized spacial score (nSPS) is 9.00. The Bertz CT molecular complexity index is 391. The fraction of sp³-hybridized carbons (Fsp3) is 0.500. The minimum absolute atomic E-state index is 0.213. The van der Waals surface area contributed by atoms with Gasteiger partial charge in [-0.25, -0.2) is 14.4 Å². The molecule has 0 spiro atoms. The molecule has 0 saturated carbocycles. The first-order valence-corrected chi connectivity index (χ1v) is 8.02.